The number of carbonyl (C=O) groups is 1. The molecule has 0 spiro atoms. The number of rotatable bonds is 9. The molecule has 0 saturated carbocycles. The van der Waals surface area contributed by atoms with Crippen molar-refractivity contribution in [2.24, 2.45) is 0 Å². The van der Waals surface area contributed by atoms with Crippen molar-refractivity contribution >= 4 is 17.5 Å². The summed E-state index contributed by atoms with van der Waals surface area (Å²) in [6.07, 6.45) is 7.48. The quantitative estimate of drug-likeness (QED) is 0.673. The number of nitrogens with zero attached hydrogens (tertiary/aromatic N) is 1. The van der Waals surface area contributed by atoms with Gasteiger partial charge in [-0.3, -0.25) is 4.79 Å². The number of H-pyrrole nitrogens is 1. The number of ether oxygens (including phenoxy) is 1. The fraction of sp³-hybridized carbons (Fsp3) is 0.444. The number of unbranched alkanes of at least 4 members (excludes halogenated alkanes) is 3. The summed E-state index contributed by atoms with van der Waals surface area (Å²) in [6, 6.07) is 5.56. The molecule has 1 amide bonds. The number of halogens is 1. The molecule has 1 aromatic heterocycles. The number of nitrogens with one attached hydrogen (secondary N) is 2. The smallest absolute Gasteiger partial charge is 0.219 e. The van der Waals surface area contributed by atoms with Crippen molar-refractivity contribution in [1.82, 2.24) is 15.3 Å². The molecule has 1 aromatic carbocycles. The Bertz CT molecular complexity index is 670. The Morgan fingerprint density at radius 2 is 2.08 bits per heavy atom. The zero-order chi connectivity index (χ0) is 17.4. The lowest BCUT2D eigenvalue weighted by atomic mass is 10.1. The second-order valence-corrected chi connectivity index (χ2v) is 6.11. The van der Waals surface area contributed by atoms with Gasteiger partial charge in [-0.15, -0.1) is 0 Å². The fourth-order valence-corrected chi connectivity index (χ4v) is 2.73. The van der Waals surface area contributed by atoms with E-state index in [1.807, 2.05) is 18.3 Å². The lowest BCUT2D eigenvalue weighted by Gasteiger charge is -2.06. The van der Waals surface area contributed by atoms with Crippen LogP contribution in [-0.2, 0) is 11.2 Å². The summed E-state index contributed by atoms with van der Waals surface area (Å²) < 4.78 is 5.38. The topological polar surface area (TPSA) is 67.0 Å². The number of hydrogen-bond donors (Lipinski definition) is 2. The number of aromatic nitrogens is 2. The van der Waals surface area contributed by atoms with E-state index in [2.05, 4.69) is 15.3 Å². The highest BCUT2D eigenvalue weighted by molar-refractivity contribution is 6.30. The van der Waals surface area contributed by atoms with Crippen LogP contribution in [-0.4, -0.2) is 30.0 Å². The van der Waals surface area contributed by atoms with Crippen molar-refractivity contribution in [2.75, 3.05) is 14.2 Å². The van der Waals surface area contributed by atoms with Crippen LogP contribution in [0, 0.1) is 0 Å². The number of amides is 1. The summed E-state index contributed by atoms with van der Waals surface area (Å²) in [5.74, 6) is 1.81. The molecule has 0 aliphatic heterocycles. The molecule has 5 nitrogen and oxygen atoms in total. The summed E-state index contributed by atoms with van der Waals surface area (Å²) in [4.78, 5) is 18.9. The highest BCUT2D eigenvalue weighted by atomic mass is 35.5. The Kier molecular flexibility index (Phi) is 7.12. The van der Waals surface area contributed by atoms with Gasteiger partial charge in [-0.25, -0.2) is 4.98 Å². The number of methoxy groups -OCH3 is 1. The van der Waals surface area contributed by atoms with E-state index in [0.717, 1.165) is 54.9 Å². The fourth-order valence-electron chi connectivity index (χ4n) is 2.57. The van der Waals surface area contributed by atoms with Gasteiger partial charge in [-0.2, -0.15) is 0 Å². The molecule has 24 heavy (non-hydrogen) atoms. The lowest BCUT2D eigenvalue weighted by molar-refractivity contribution is -0.120. The van der Waals surface area contributed by atoms with Crippen molar-refractivity contribution in [2.45, 2.75) is 38.5 Å². The van der Waals surface area contributed by atoms with Crippen LogP contribution >= 0.6 is 11.6 Å². The second-order valence-electron chi connectivity index (χ2n) is 5.68. The van der Waals surface area contributed by atoms with Gasteiger partial charge in [0.05, 0.1) is 19.0 Å². The summed E-state index contributed by atoms with van der Waals surface area (Å²) in [5.41, 5.74) is 1.88. The summed E-state index contributed by atoms with van der Waals surface area (Å²) >= 11 is 6.00. The maximum absolute atomic E-state index is 11.1. The van der Waals surface area contributed by atoms with Gasteiger partial charge in [0.15, 0.2) is 0 Å². The number of imidazole rings is 1. The standard InChI is InChI=1S/C18H24ClN3O2/c1-20-18(23)8-6-4-3-5-7-17-21-12-15(22-17)14-10-9-13(19)11-16(14)24-2/h9-12H,3-8H2,1-2H3,(H,20,23)(H,21,22). The number of hydrogen-bond acceptors (Lipinski definition) is 3. The molecule has 6 heteroatoms. The van der Waals surface area contributed by atoms with Crippen LogP contribution in [0.2, 0.25) is 5.02 Å². The molecule has 1 heterocycles. The van der Waals surface area contributed by atoms with E-state index in [9.17, 15) is 4.79 Å². The van der Waals surface area contributed by atoms with Gasteiger partial charge in [-0.05, 0) is 31.0 Å². The van der Waals surface area contributed by atoms with Gasteiger partial charge in [0, 0.05) is 30.5 Å². The molecule has 130 valence electrons. The molecule has 0 aliphatic rings. The average molecular weight is 350 g/mol. The lowest BCUT2D eigenvalue weighted by Crippen LogP contribution is -2.16. The maximum Gasteiger partial charge on any atom is 0.219 e. The van der Waals surface area contributed by atoms with Crippen molar-refractivity contribution in [3.8, 4) is 17.0 Å². The summed E-state index contributed by atoms with van der Waals surface area (Å²) in [6.45, 7) is 0. The van der Waals surface area contributed by atoms with Crippen molar-refractivity contribution in [3.05, 3.63) is 35.2 Å². The highest BCUT2D eigenvalue weighted by Crippen LogP contribution is 2.31. The van der Waals surface area contributed by atoms with Crippen LogP contribution in [0.25, 0.3) is 11.3 Å². The number of aromatic amines is 1. The van der Waals surface area contributed by atoms with Gasteiger partial charge in [0.2, 0.25) is 5.91 Å². The molecule has 0 saturated heterocycles. The normalized spacial score (nSPS) is 10.6. The first-order valence-corrected chi connectivity index (χ1v) is 8.60. The first-order chi connectivity index (χ1) is 11.6. The second kappa shape index (κ2) is 9.33. The van der Waals surface area contributed by atoms with E-state index in [-0.39, 0.29) is 5.91 Å². The Morgan fingerprint density at radius 3 is 2.83 bits per heavy atom. The van der Waals surface area contributed by atoms with Gasteiger partial charge in [0.25, 0.3) is 0 Å². The largest absolute Gasteiger partial charge is 0.496 e. The number of benzene rings is 1. The monoisotopic (exact) mass is 349 g/mol. The van der Waals surface area contributed by atoms with Gasteiger partial charge >= 0.3 is 0 Å². The van der Waals surface area contributed by atoms with E-state index >= 15 is 0 Å². The average Bonchev–Trinajstić information content (AvgIpc) is 3.06. The molecule has 2 N–H and O–H groups in total. The third kappa shape index (κ3) is 5.27. The molecular weight excluding hydrogens is 326 g/mol. The van der Waals surface area contributed by atoms with Crippen LogP contribution in [0.15, 0.2) is 24.4 Å². The van der Waals surface area contributed by atoms with E-state index in [0.29, 0.717) is 11.4 Å². The van der Waals surface area contributed by atoms with E-state index < -0.39 is 0 Å². The molecule has 2 aromatic rings. The third-order valence-corrected chi connectivity index (χ3v) is 4.16. The number of aryl methyl sites for hydroxylation is 1. The molecule has 0 unspecified atom stereocenters. The maximum atomic E-state index is 11.1. The van der Waals surface area contributed by atoms with E-state index in [1.54, 1.807) is 20.2 Å². The zero-order valence-electron chi connectivity index (χ0n) is 14.2. The highest BCUT2D eigenvalue weighted by Gasteiger charge is 2.09. The SMILES string of the molecule is CNC(=O)CCCCCCc1ncc(-c2ccc(Cl)cc2OC)[nH]1. The van der Waals surface area contributed by atoms with Crippen LogP contribution in [0.5, 0.6) is 5.75 Å². The van der Waals surface area contributed by atoms with E-state index in [1.165, 1.54) is 0 Å². The molecular formula is C18H24ClN3O2. The molecule has 0 radical (unpaired) electrons. The molecule has 0 bridgehead atoms. The Labute approximate surface area is 147 Å². The third-order valence-electron chi connectivity index (χ3n) is 3.93. The van der Waals surface area contributed by atoms with Gasteiger partial charge in [0.1, 0.15) is 11.6 Å². The minimum Gasteiger partial charge on any atom is -0.496 e. The summed E-state index contributed by atoms with van der Waals surface area (Å²) in [7, 11) is 3.30. The molecule has 2 rings (SSSR count). The molecule has 0 aliphatic carbocycles. The predicted octanol–water partition coefficient (Wildman–Crippen LogP) is 3.98. The minimum atomic E-state index is 0.114. The predicted molar refractivity (Wildman–Crippen MR) is 96.4 cm³/mol. The summed E-state index contributed by atoms with van der Waals surface area (Å²) in [5, 5.41) is 3.29. The van der Waals surface area contributed by atoms with Crippen molar-refractivity contribution < 1.29 is 9.53 Å². The Hall–Kier alpha value is -2.01. The number of carbonyl (C=O) groups excluding carboxylic acids is 1. The first-order valence-electron chi connectivity index (χ1n) is 8.22. The first kappa shape index (κ1) is 18.3. The van der Waals surface area contributed by atoms with Crippen LogP contribution in [0.3, 0.4) is 0 Å². The molecule has 0 fully saturated rings. The van der Waals surface area contributed by atoms with Crippen LogP contribution < -0.4 is 10.1 Å². The Morgan fingerprint density at radius 1 is 1.29 bits per heavy atom. The minimum absolute atomic E-state index is 0.114. The molecule has 0 atom stereocenters. The van der Waals surface area contributed by atoms with Crippen LogP contribution in [0.1, 0.15) is 37.9 Å². The van der Waals surface area contributed by atoms with Gasteiger partial charge in [-0.1, -0.05) is 24.4 Å². The zero-order valence-corrected chi connectivity index (χ0v) is 14.9. The van der Waals surface area contributed by atoms with Gasteiger partial charge < -0.3 is 15.0 Å². The Balaban J connectivity index is 1.82. The van der Waals surface area contributed by atoms with Crippen molar-refractivity contribution in [3.63, 3.8) is 0 Å². The van der Waals surface area contributed by atoms with Crippen LogP contribution in [0.4, 0.5) is 0 Å². The van der Waals surface area contributed by atoms with Crippen molar-refractivity contribution in [1.29, 1.82) is 0 Å². The van der Waals surface area contributed by atoms with E-state index in [4.69, 9.17) is 16.3 Å².